The summed E-state index contributed by atoms with van der Waals surface area (Å²) >= 11 is 7.67. The molecule has 1 atom stereocenters. The molecule has 0 aliphatic carbocycles. The Morgan fingerprint density at radius 1 is 1.17 bits per heavy atom. The molecule has 0 bridgehead atoms. The van der Waals surface area contributed by atoms with Gasteiger partial charge in [0.15, 0.2) is 0 Å². The van der Waals surface area contributed by atoms with Crippen LogP contribution in [-0.2, 0) is 0 Å². The Hall–Kier alpha value is -1.71. The minimum absolute atomic E-state index is 0.0289. The summed E-state index contributed by atoms with van der Waals surface area (Å²) in [5.41, 5.74) is -1.34. The zero-order chi connectivity index (χ0) is 21.1. The third kappa shape index (κ3) is 5.31. The van der Waals surface area contributed by atoms with E-state index in [9.17, 15) is 13.2 Å². The van der Waals surface area contributed by atoms with E-state index < -0.39 is 5.51 Å². The van der Waals surface area contributed by atoms with Gasteiger partial charge in [-0.2, -0.15) is 13.2 Å². The summed E-state index contributed by atoms with van der Waals surface area (Å²) < 4.78 is 39.3. The van der Waals surface area contributed by atoms with Crippen LogP contribution >= 0.6 is 35.3 Å². The fraction of sp³-hybridized carbons (Fsp3) is 0.350. The molecule has 1 unspecified atom stereocenters. The van der Waals surface area contributed by atoms with Crippen LogP contribution in [0.3, 0.4) is 0 Å². The van der Waals surface area contributed by atoms with Crippen molar-refractivity contribution >= 4 is 52.5 Å². The van der Waals surface area contributed by atoms with Crippen LogP contribution in [0.15, 0.2) is 41.9 Å². The molecule has 4 nitrogen and oxygen atoms in total. The van der Waals surface area contributed by atoms with Crippen LogP contribution in [-0.4, -0.2) is 23.6 Å². The predicted octanol–water partition coefficient (Wildman–Crippen LogP) is 6.64. The zero-order valence-electron chi connectivity index (χ0n) is 15.9. The van der Waals surface area contributed by atoms with E-state index in [1.54, 1.807) is 23.9 Å². The number of benzene rings is 1. The number of halogens is 4. The Morgan fingerprint density at radius 3 is 2.70 bits per heavy atom. The highest BCUT2D eigenvalue weighted by molar-refractivity contribution is 8.02. The Morgan fingerprint density at radius 2 is 1.97 bits per heavy atom. The summed E-state index contributed by atoms with van der Waals surface area (Å²) in [5.74, 6) is 0.999. The summed E-state index contributed by atoms with van der Waals surface area (Å²) in [6.07, 6.45) is 5.50. The highest BCUT2D eigenvalue weighted by atomic mass is 35.5. The molecule has 2 aliphatic heterocycles. The van der Waals surface area contributed by atoms with Gasteiger partial charge in [-0.05, 0) is 60.6 Å². The summed E-state index contributed by atoms with van der Waals surface area (Å²) in [4.78, 5) is 6.85. The molecule has 3 heterocycles. The third-order valence-electron chi connectivity index (χ3n) is 4.90. The van der Waals surface area contributed by atoms with Gasteiger partial charge in [-0.25, -0.2) is 4.98 Å². The maximum absolute atomic E-state index is 12.4. The molecule has 1 aromatic carbocycles. The first-order valence-corrected chi connectivity index (χ1v) is 11.7. The number of alkyl halides is 3. The largest absolute Gasteiger partial charge is 0.461 e. The van der Waals surface area contributed by atoms with E-state index in [0.29, 0.717) is 10.7 Å². The second kappa shape index (κ2) is 9.20. The van der Waals surface area contributed by atoms with Crippen molar-refractivity contribution in [2.45, 2.75) is 30.1 Å². The fourth-order valence-corrected chi connectivity index (χ4v) is 5.06. The van der Waals surface area contributed by atoms with Crippen LogP contribution < -0.4 is 14.9 Å². The van der Waals surface area contributed by atoms with Gasteiger partial charge in [0.05, 0.1) is 22.7 Å². The standard InChI is InChI=1S/C20H20ClF3N4S2/c21-16-11-14(27-30-20(22,23)24)4-5-15(16)17-12-29-19(26-17)13-6-7-25-18(10-13)28-8-2-1-3-9-28/h4-7,10-12,19,26-27H,1-3,8-9H2. The molecule has 0 amide bonds. The van der Waals surface area contributed by atoms with E-state index in [2.05, 4.69) is 26.0 Å². The summed E-state index contributed by atoms with van der Waals surface area (Å²) in [7, 11) is 0. The van der Waals surface area contributed by atoms with Gasteiger partial charge in [0, 0.05) is 30.5 Å². The Labute approximate surface area is 186 Å². The second-order valence-electron chi connectivity index (χ2n) is 7.03. The average molecular weight is 473 g/mol. The molecule has 0 saturated carbocycles. The molecule has 10 heteroatoms. The van der Waals surface area contributed by atoms with Crippen molar-refractivity contribution in [2.24, 2.45) is 0 Å². The number of anilines is 2. The highest BCUT2D eigenvalue weighted by Gasteiger charge is 2.29. The number of thioether (sulfide) groups is 1. The van der Waals surface area contributed by atoms with Crippen LogP contribution in [0.2, 0.25) is 5.02 Å². The maximum atomic E-state index is 12.4. The normalized spacial score (nSPS) is 19.4. The van der Waals surface area contributed by atoms with E-state index in [-0.39, 0.29) is 17.3 Å². The van der Waals surface area contributed by atoms with E-state index >= 15 is 0 Å². The molecule has 4 rings (SSSR count). The number of pyridine rings is 1. The number of hydrogen-bond donors (Lipinski definition) is 2. The first kappa shape index (κ1) is 21.5. The van der Waals surface area contributed by atoms with Crippen molar-refractivity contribution in [2.75, 3.05) is 22.7 Å². The lowest BCUT2D eigenvalue weighted by atomic mass is 10.1. The third-order valence-corrected chi connectivity index (χ3v) is 6.82. The fourth-order valence-electron chi connectivity index (χ4n) is 3.46. The Kier molecular flexibility index (Phi) is 6.60. The molecule has 2 aliphatic rings. The number of hydrogen-bond acceptors (Lipinski definition) is 6. The summed E-state index contributed by atoms with van der Waals surface area (Å²) in [6, 6.07) is 8.92. The lowest BCUT2D eigenvalue weighted by Gasteiger charge is -2.28. The first-order valence-electron chi connectivity index (χ1n) is 9.53. The van der Waals surface area contributed by atoms with Gasteiger partial charge in [0.2, 0.25) is 0 Å². The quantitative estimate of drug-likeness (QED) is 0.475. The van der Waals surface area contributed by atoms with Crippen molar-refractivity contribution in [1.82, 2.24) is 10.3 Å². The molecule has 160 valence electrons. The molecule has 1 aromatic heterocycles. The van der Waals surface area contributed by atoms with Crippen molar-refractivity contribution in [3.05, 3.63) is 58.1 Å². The molecular weight excluding hydrogens is 453 g/mol. The Bertz CT molecular complexity index is 933. The van der Waals surface area contributed by atoms with Crippen molar-refractivity contribution in [3.8, 4) is 0 Å². The zero-order valence-corrected chi connectivity index (χ0v) is 18.3. The molecule has 2 N–H and O–H groups in total. The summed E-state index contributed by atoms with van der Waals surface area (Å²) in [5, 5.41) is 5.86. The topological polar surface area (TPSA) is 40.2 Å². The number of nitrogens with zero attached hydrogens (tertiary/aromatic N) is 2. The molecule has 30 heavy (non-hydrogen) atoms. The minimum atomic E-state index is -4.36. The number of nitrogens with one attached hydrogen (secondary N) is 2. The average Bonchev–Trinajstić information content (AvgIpc) is 3.22. The van der Waals surface area contributed by atoms with Crippen molar-refractivity contribution in [1.29, 1.82) is 0 Å². The Balaban J connectivity index is 1.43. The van der Waals surface area contributed by atoms with Crippen LogP contribution in [0.25, 0.3) is 5.70 Å². The number of rotatable bonds is 5. The van der Waals surface area contributed by atoms with Gasteiger partial charge in [-0.15, -0.1) is 11.8 Å². The molecule has 1 fully saturated rings. The maximum Gasteiger partial charge on any atom is 0.461 e. The van der Waals surface area contributed by atoms with Crippen molar-refractivity contribution < 1.29 is 13.2 Å². The van der Waals surface area contributed by atoms with Gasteiger partial charge in [0.25, 0.3) is 0 Å². The molecular formula is C20H20ClF3N4S2. The minimum Gasteiger partial charge on any atom is -0.368 e. The van der Waals surface area contributed by atoms with Gasteiger partial charge in [-0.3, -0.25) is 0 Å². The lowest BCUT2D eigenvalue weighted by molar-refractivity contribution is -0.0323. The highest BCUT2D eigenvalue weighted by Crippen LogP contribution is 2.40. The van der Waals surface area contributed by atoms with E-state index in [1.165, 1.54) is 25.3 Å². The van der Waals surface area contributed by atoms with Gasteiger partial charge in [0.1, 0.15) is 11.2 Å². The number of aromatic nitrogens is 1. The molecule has 2 aromatic rings. The smallest absolute Gasteiger partial charge is 0.368 e. The van der Waals surface area contributed by atoms with Gasteiger partial charge < -0.3 is 14.9 Å². The van der Waals surface area contributed by atoms with Crippen LogP contribution in [0, 0.1) is 0 Å². The lowest BCUT2D eigenvalue weighted by Crippen LogP contribution is -2.30. The first-order chi connectivity index (χ1) is 14.4. The predicted molar refractivity (Wildman–Crippen MR) is 120 cm³/mol. The van der Waals surface area contributed by atoms with Crippen LogP contribution in [0.4, 0.5) is 24.7 Å². The SMILES string of the molecule is FC(F)(F)SNc1ccc(C2=CSC(c3ccnc(N4CCCCC4)c3)N2)c(Cl)c1. The van der Waals surface area contributed by atoms with E-state index in [1.807, 2.05) is 17.7 Å². The summed E-state index contributed by atoms with van der Waals surface area (Å²) in [6.45, 7) is 2.07. The van der Waals surface area contributed by atoms with E-state index in [4.69, 9.17) is 11.6 Å². The number of piperidine rings is 1. The van der Waals surface area contributed by atoms with Crippen molar-refractivity contribution in [3.63, 3.8) is 0 Å². The van der Waals surface area contributed by atoms with Gasteiger partial charge >= 0.3 is 5.51 Å². The molecule has 0 spiro atoms. The van der Waals surface area contributed by atoms with E-state index in [0.717, 1.165) is 35.7 Å². The molecule has 0 radical (unpaired) electrons. The monoisotopic (exact) mass is 472 g/mol. The van der Waals surface area contributed by atoms with Crippen LogP contribution in [0.5, 0.6) is 0 Å². The molecule has 1 saturated heterocycles. The van der Waals surface area contributed by atoms with Gasteiger partial charge in [-0.1, -0.05) is 11.6 Å². The second-order valence-corrected chi connectivity index (χ2v) is 9.29. The van der Waals surface area contributed by atoms with Crippen LogP contribution in [0.1, 0.15) is 35.8 Å².